The van der Waals surface area contributed by atoms with Crippen LogP contribution in [0.4, 0.5) is 9.59 Å². The lowest BCUT2D eigenvalue weighted by Gasteiger charge is -2.40. The van der Waals surface area contributed by atoms with Crippen LogP contribution < -0.4 is 10.6 Å². The van der Waals surface area contributed by atoms with Crippen molar-refractivity contribution >= 4 is 34.9 Å². The number of nitrogens with zero attached hydrogens (tertiary/aromatic N) is 4. The molecule has 0 radical (unpaired) electrons. The van der Waals surface area contributed by atoms with E-state index in [9.17, 15) is 19.2 Å². The predicted octanol–water partition coefficient (Wildman–Crippen LogP) is 7.36. The Bertz CT molecular complexity index is 2540. The highest BCUT2D eigenvalue weighted by molar-refractivity contribution is 6.03. The molecule has 62 heavy (non-hydrogen) atoms. The van der Waals surface area contributed by atoms with Crippen LogP contribution in [0.5, 0.6) is 0 Å². The SMILES string of the molecule is COC(=O)N[C@H](C(=O)N1C[C@H]2CCC1(c1ncc(-c3ccc(-c4ccc(-c5cnc([C@]67CC[C@H](CN6C(=O)[C@@H](NC(=O)OC)C(C)C)C7)[nH]5)c5[nH]c(C)cc45)cc3)[nH]1)C2)C(C)C. The quantitative estimate of drug-likeness (QED) is 0.0911. The number of rotatable bonds is 11. The van der Waals surface area contributed by atoms with Gasteiger partial charge in [0, 0.05) is 29.7 Å². The molecule has 2 saturated heterocycles. The molecule has 4 amide bonds. The zero-order valence-electron chi connectivity index (χ0n) is 36.6. The maximum atomic E-state index is 14.1. The van der Waals surface area contributed by atoms with Crippen LogP contribution in [-0.4, -0.2) is 98.1 Å². The van der Waals surface area contributed by atoms with Crippen molar-refractivity contribution in [1.82, 2.24) is 45.4 Å². The molecular weight excluding hydrogens is 787 g/mol. The number of benzene rings is 2. The number of likely N-dealkylation sites (tertiary alicyclic amines) is 2. The van der Waals surface area contributed by atoms with Crippen molar-refractivity contribution in [3.8, 4) is 33.6 Å². The first-order chi connectivity index (χ1) is 29.7. The average molecular weight is 844 g/mol. The fourth-order valence-electron chi connectivity index (χ4n) is 11.0. The number of piperidine rings is 2. The molecule has 15 nitrogen and oxygen atoms in total. The van der Waals surface area contributed by atoms with Gasteiger partial charge in [0.25, 0.3) is 0 Å². The van der Waals surface area contributed by atoms with E-state index in [0.29, 0.717) is 24.9 Å². The van der Waals surface area contributed by atoms with Gasteiger partial charge in [-0.1, -0.05) is 64.1 Å². The third-order valence-electron chi connectivity index (χ3n) is 14.2. The second-order valence-electron chi connectivity index (χ2n) is 18.7. The zero-order valence-corrected chi connectivity index (χ0v) is 36.6. The molecule has 5 N–H and O–H groups in total. The molecule has 2 aliphatic carbocycles. The molecule has 2 aliphatic heterocycles. The summed E-state index contributed by atoms with van der Waals surface area (Å²) in [7, 11) is 2.61. The van der Waals surface area contributed by atoms with Crippen LogP contribution in [0, 0.1) is 30.6 Å². The summed E-state index contributed by atoms with van der Waals surface area (Å²) >= 11 is 0. The van der Waals surface area contributed by atoms with E-state index in [2.05, 4.69) is 75.0 Å². The molecule has 6 atom stereocenters. The van der Waals surface area contributed by atoms with Crippen molar-refractivity contribution in [2.24, 2.45) is 23.7 Å². The number of nitrogens with one attached hydrogen (secondary N) is 5. The maximum Gasteiger partial charge on any atom is 0.407 e. The number of methoxy groups -OCH3 is 2. The van der Waals surface area contributed by atoms with E-state index in [1.54, 1.807) is 0 Å². The lowest BCUT2D eigenvalue weighted by molar-refractivity contribution is -0.141. The number of H-pyrrole nitrogens is 3. The Kier molecular flexibility index (Phi) is 10.4. The van der Waals surface area contributed by atoms with Gasteiger partial charge in [-0.25, -0.2) is 19.6 Å². The van der Waals surface area contributed by atoms with E-state index >= 15 is 0 Å². The van der Waals surface area contributed by atoms with Crippen LogP contribution >= 0.6 is 0 Å². The Morgan fingerprint density at radius 3 is 1.68 bits per heavy atom. The summed E-state index contributed by atoms with van der Waals surface area (Å²) in [5.41, 5.74) is 6.77. The lowest BCUT2D eigenvalue weighted by atomic mass is 9.93. The molecule has 4 aliphatic rings. The lowest BCUT2D eigenvalue weighted by Crippen LogP contribution is -2.56. The van der Waals surface area contributed by atoms with E-state index in [1.165, 1.54) is 14.2 Å². The molecule has 4 bridgehead atoms. The number of ether oxygens (including phenoxy) is 2. The smallest absolute Gasteiger partial charge is 0.407 e. The van der Waals surface area contributed by atoms with Gasteiger partial charge in [-0.15, -0.1) is 0 Å². The van der Waals surface area contributed by atoms with Crippen molar-refractivity contribution in [2.75, 3.05) is 27.3 Å². The monoisotopic (exact) mass is 843 g/mol. The maximum absolute atomic E-state index is 14.1. The van der Waals surface area contributed by atoms with Crippen LogP contribution in [0.1, 0.15) is 83.6 Å². The third-order valence-corrected chi connectivity index (χ3v) is 14.2. The number of carbonyl (C=O) groups excluding carboxylic acids is 4. The Balaban J connectivity index is 0.965. The van der Waals surface area contributed by atoms with Gasteiger partial charge in [0.05, 0.1) is 43.5 Å². The minimum Gasteiger partial charge on any atom is -0.453 e. The van der Waals surface area contributed by atoms with Gasteiger partial charge in [0.1, 0.15) is 34.8 Å². The number of hydrogen-bond donors (Lipinski definition) is 5. The number of aryl methyl sites for hydroxylation is 1. The van der Waals surface area contributed by atoms with Crippen molar-refractivity contribution in [3.63, 3.8) is 0 Å². The number of carbonyl (C=O) groups is 4. The number of aromatic amines is 3. The molecule has 2 saturated carbocycles. The summed E-state index contributed by atoms with van der Waals surface area (Å²) in [6.07, 6.45) is 7.82. The summed E-state index contributed by atoms with van der Waals surface area (Å²) in [5, 5.41) is 6.62. The average Bonchev–Trinajstić information content (AvgIpc) is 4.13. The highest BCUT2D eigenvalue weighted by Crippen LogP contribution is 2.54. The van der Waals surface area contributed by atoms with Gasteiger partial charge in [0.2, 0.25) is 11.8 Å². The second-order valence-corrected chi connectivity index (χ2v) is 18.7. The summed E-state index contributed by atoms with van der Waals surface area (Å²) in [6, 6.07) is 13.5. The second kappa shape index (κ2) is 15.7. The Morgan fingerprint density at radius 1 is 0.694 bits per heavy atom. The number of fused-ring (bicyclic) bond motifs is 5. The molecule has 326 valence electrons. The van der Waals surface area contributed by atoms with Gasteiger partial charge in [-0.2, -0.15) is 0 Å². The number of alkyl carbamates (subject to hydrolysis) is 2. The van der Waals surface area contributed by atoms with Gasteiger partial charge >= 0.3 is 12.2 Å². The van der Waals surface area contributed by atoms with Gasteiger partial charge in [-0.05, 0) is 91.9 Å². The Morgan fingerprint density at radius 2 is 1.18 bits per heavy atom. The third kappa shape index (κ3) is 6.80. The van der Waals surface area contributed by atoms with Gasteiger partial charge in [-0.3, -0.25) is 9.59 Å². The number of hydrogen-bond acceptors (Lipinski definition) is 8. The molecule has 5 aromatic rings. The minimum absolute atomic E-state index is 0.106. The van der Waals surface area contributed by atoms with Crippen LogP contribution in [0.3, 0.4) is 0 Å². The largest absolute Gasteiger partial charge is 0.453 e. The van der Waals surface area contributed by atoms with Crippen LogP contribution in [0.25, 0.3) is 44.5 Å². The normalized spacial score (nSPS) is 23.7. The summed E-state index contributed by atoms with van der Waals surface area (Å²) < 4.78 is 9.69. The zero-order chi connectivity index (χ0) is 43.7. The number of imidazole rings is 2. The first kappa shape index (κ1) is 41.2. The van der Waals surface area contributed by atoms with Crippen molar-refractivity contribution in [2.45, 2.75) is 96.3 Å². The summed E-state index contributed by atoms with van der Waals surface area (Å²) in [6.45, 7) is 11.0. The van der Waals surface area contributed by atoms with Crippen LogP contribution in [-0.2, 0) is 30.1 Å². The highest BCUT2D eigenvalue weighted by atomic mass is 16.5. The Labute approximate surface area is 361 Å². The van der Waals surface area contributed by atoms with E-state index in [-0.39, 0.29) is 23.7 Å². The molecule has 4 fully saturated rings. The molecular formula is C47H57N9O6. The fourth-order valence-corrected chi connectivity index (χ4v) is 11.0. The molecule has 9 rings (SSSR count). The number of aromatic nitrogens is 5. The van der Waals surface area contributed by atoms with Crippen molar-refractivity contribution < 1.29 is 28.7 Å². The fraction of sp³-hybridized carbons (Fsp3) is 0.489. The first-order valence-corrected chi connectivity index (χ1v) is 21.9. The van der Waals surface area contributed by atoms with Crippen LogP contribution in [0.2, 0.25) is 0 Å². The minimum atomic E-state index is -0.704. The highest BCUT2D eigenvalue weighted by Gasteiger charge is 2.58. The van der Waals surface area contributed by atoms with Gasteiger partial charge < -0.3 is 44.9 Å². The molecule has 0 spiro atoms. The predicted molar refractivity (Wildman–Crippen MR) is 233 cm³/mol. The molecule has 5 heterocycles. The molecule has 2 aromatic carbocycles. The summed E-state index contributed by atoms with van der Waals surface area (Å²) in [4.78, 5) is 77.1. The first-order valence-electron chi connectivity index (χ1n) is 21.9. The van der Waals surface area contributed by atoms with E-state index in [4.69, 9.17) is 19.4 Å². The van der Waals surface area contributed by atoms with Crippen LogP contribution in [0.15, 0.2) is 54.9 Å². The standard InChI is InChI=1S/C47H57N9O6/c1-25(2)37(53-44(59)61-6)40(57)55-23-28-14-16-46(55,19-28)42-48-21-35(51-42)31-10-8-30(9-11-31)32-12-13-33(39-34(32)18-27(5)50-39)36-22-49-43(52-36)47-17-15-29(20-47)24-56(47)41(58)38(26(3)4)54-45(60)62-7/h8-13,18,21-22,25-26,28-29,37-38,50H,14-17,19-20,23-24H2,1-7H3,(H,48,51)(H,49,52)(H,53,59)(H,54,60)/t28-,29-,37-,38-,46?,47+/m0/s1. The van der Waals surface area contributed by atoms with E-state index < -0.39 is 35.3 Å². The summed E-state index contributed by atoms with van der Waals surface area (Å²) in [5.74, 6) is 1.87. The van der Waals surface area contributed by atoms with Crippen molar-refractivity contribution in [3.05, 3.63) is 72.2 Å². The molecule has 1 unspecified atom stereocenters. The number of amides is 4. The van der Waals surface area contributed by atoms with Gasteiger partial charge in [0.15, 0.2) is 0 Å². The van der Waals surface area contributed by atoms with Crippen molar-refractivity contribution in [1.29, 1.82) is 0 Å². The van der Waals surface area contributed by atoms with E-state index in [0.717, 1.165) is 100 Å². The molecule has 15 heteroatoms. The topological polar surface area (TPSA) is 190 Å². The molecule has 3 aromatic heterocycles. The van der Waals surface area contributed by atoms with E-state index in [1.807, 2.05) is 49.9 Å². The Hall–Kier alpha value is -6.12.